The third-order valence-corrected chi connectivity index (χ3v) is 11.4. The molecule has 0 spiro atoms. The van der Waals surface area contributed by atoms with Gasteiger partial charge in [-0.15, -0.1) is 0 Å². The normalized spacial score (nSPS) is 13.9. The quantitative estimate of drug-likeness (QED) is 0.160. The van der Waals surface area contributed by atoms with E-state index in [1.54, 1.807) is 65.4 Å². The largest absolute Gasteiger partial charge is 0.484 e. The molecule has 0 unspecified atom stereocenters. The number of carbonyl (C=O) groups is 3. The van der Waals surface area contributed by atoms with Crippen LogP contribution in [-0.4, -0.2) is 130 Å². The molecule has 0 radical (unpaired) electrons. The molecule has 20 heteroatoms. The number of nitrogens with zero attached hydrogens (tertiary/aromatic N) is 10. The van der Waals surface area contributed by atoms with Crippen LogP contribution in [0.5, 0.6) is 5.75 Å². The van der Waals surface area contributed by atoms with Crippen LogP contribution in [0.25, 0.3) is 44.6 Å². The number of pyridine rings is 2. The van der Waals surface area contributed by atoms with Crippen LogP contribution in [0.3, 0.4) is 0 Å². The number of nitrogens with two attached hydrogens (primary N) is 3. The molecule has 0 atom stereocenters. The molecular formula is C46H46ClFN14O4. The maximum absolute atomic E-state index is 13.2. The molecule has 2 aliphatic heterocycles. The van der Waals surface area contributed by atoms with Crippen LogP contribution in [-0.2, 0) is 9.59 Å². The number of nitrogen functional groups attached to an aromatic ring is 2. The van der Waals surface area contributed by atoms with Gasteiger partial charge in [-0.25, -0.2) is 24.3 Å². The molecule has 4 aromatic heterocycles. The topological polar surface area (TPSA) is 241 Å². The zero-order valence-corrected chi connectivity index (χ0v) is 36.7. The van der Waals surface area contributed by atoms with Crippen molar-refractivity contribution >= 4 is 74.9 Å². The van der Waals surface area contributed by atoms with Crippen molar-refractivity contribution in [3.8, 4) is 28.3 Å². The predicted molar refractivity (Wildman–Crippen MR) is 251 cm³/mol. The number of ether oxygens (including phenoxy) is 1. The SMILES string of the molecule is CNC(=O)c1ccc(-c2ccc3nc(N)nc(N4CCN(C(=O)COc5ccc(Cl)cc5)CC4)c3n2)cc1.NCC(=O)N1CCN(c2nc(N)nc3ccc(-c4ccc(F)cc4)nc23)CC1. The van der Waals surface area contributed by atoms with Gasteiger partial charge in [-0.05, 0) is 84.9 Å². The number of carbonyl (C=O) groups excluding carboxylic acids is 3. The predicted octanol–water partition coefficient (Wildman–Crippen LogP) is 4.04. The van der Waals surface area contributed by atoms with Crippen LogP contribution < -0.4 is 37.1 Å². The molecule has 7 aromatic rings. The smallest absolute Gasteiger partial charge is 0.260 e. The number of fused-ring (bicyclic) bond motifs is 2. The van der Waals surface area contributed by atoms with E-state index >= 15 is 0 Å². The molecule has 66 heavy (non-hydrogen) atoms. The Bertz CT molecular complexity index is 2880. The summed E-state index contributed by atoms with van der Waals surface area (Å²) in [5.74, 6) is 1.57. The summed E-state index contributed by atoms with van der Waals surface area (Å²) < 4.78 is 18.8. The van der Waals surface area contributed by atoms with Gasteiger partial charge in [0.2, 0.25) is 17.8 Å². The summed E-state index contributed by atoms with van der Waals surface area (Å²) in [4.78, 5) is 71.1. The Labute approximate surface area is 383 Å². The Morgan fingerprint density at radius 3 is 1.56 bits per heavy atom. The van der Waals surface area contributed by atoms with Crippen LogP contribution >= 0.6 is 11.6 Å². The second-order valence-electron chi connectivity index (χ2n) is 15.3. The maximum Gasteiger partial charge on any atom is 0.260 e. The number of halogens is 2. The fraction of sp³-hybridized carbons (Fsp3) is 0.239. The fourth-order valence-corrected chi connectivity index (χ4v) is 7.71. The molecule has 3 amide bonds. The van der Waals surface area contributed by atoms with Crippen molar-refractivity contribution in [2.45, 2.75) is 0 Å². The molecule has 6 heterocycles. The molecule has 3 aromatic carbocycles. The van der Waals surface area contributed by atoms with Gasteiger partial charge in [0.1, 0.15) is 22.6 Å². The number of aromatic nitrogens is 6. The minimum absolute atomic E-state index is 0.00592. The Kier molecular flexibility index (Phi) is 13.6. The fourth-order valence-electron chi connectivity index (χ4n) is 7.58. The first-order valence-electron chi connectivity index (χ1n) is 21.1. The lowest BCUT2D eigenvalue weighted by Gasteiger charge is -2.35. The Morgan fingerprint density at radius 2 is 1.09 bits per heavy atom. The van der Waals surface area contributed by atoms with Crippen molar-refractivity contribution in [3.63, 3.8) is 0 Å². The van der Waals surface area contributed by atoms with Gasteiger partial charge < -0.3 is 46.9 Å². The number of nitrogens with one attached hydrogen (secondary N) is 1. The molecule has 9 rings (SSSR count). The number of piperazine rings is 2. The molecule has 0 bridgehead atoms. The average molecular weight is 913 g/mol. The van der Waals surface area contributed by atoms with Crippen LogP contribution in [0.15, 0.2) is 97.1 Å². The summed E-state index contributed by atoms with van der Waals surface area (Å²) in [6.07, 6.45) is 0. The number of amides is 3. The highest BCUT2D eigenvalue weighted by molar-refractivity contribution is 6.30. The molecule has 2 saturated heterocycles. The van der Waals surface area contributed by atoms with E-state index in [2.05, 4.69) is 30.2 Å². The van der Waals surface area contributed by atoms with E-state index in [9.17, 15) is 18.8 Å². The van der Waals surface area contributed by atoms with Crippen LogP contribution in [0, 0.1) is 5.82 Å². The molecule has 18 nitrogen and oxygen atoms in total. The van der Waals surface area contributed by atoms with E-state index in [0.717, 1.165) is 16.8 Å². The lowest BCUT2D eigenvalue weighted by Crippen LogP contribution is -2.50. The number of hydrogen-bond donors (Lipinski definition) is 4. The van der Waals surface area contributed by atoms with E-state index in [4.69, 9.17) is 43.5 Å². The lowest BCUT2D eigenvalue weighted by atomic mass is 10.1. The van der Waals surface area contributed by atoms with Gasteiger partial charge in [-0.3, -0.25) is 14.4 Å². The van der Waals surface area contributed by atoms with E-state index in [-0.39, 0.29) is 48.6 Å². The van der Waals surface area contributed by atoms with Crippen molar-refractivity contribution in [1.29, 1.82) is 0 Å². The van der Waals surface area contributed by atoms with E-state index in [0.29, 0.717) is 108 Å². The first kappa shape index (κ1) is 44.8. The van der Waals surface area contributed by atoms with Crippen LogP contribution in [0.4, 0.5) is 27.9 Å². The summed E-state index contributed by atoms with van der Waals surface area (Å²) >= 11 is 5.90. The van der Waals surface area contributed by atoms with Crippen molar-refractivity contribution < 1.29 is 23.5 Å². The molecule has 2 fully saturated rings. The van der Waals surface area contributed by atoms with Crippen molar-refractivity contribution in [3.05, 3.63) is 113 Å². The van der Waals surface area contributed by atoms with Crippen LogP contribution in [0.1, 0.15) is 10.4 Å². The standard InChI is InChI=1S/C27H26ClN7O3.C19H20FN7O/c1-30-26(37)18-4-2-17(3-5-18)21-10-11-22-24(31-21)25(33-27(29)32-22)35-14-12-34(13-15-35)23(36)16-38-20-8-6-19(28)7-9-20;20-13-3-1-12(2-4-13)14-5-6-15-17(23-14)18(25-19(22)24-15)27-9-7-26(8-10-27)16(28)11-21/h2-11H,12-16H2,1H3,(H,30,37)(H2,29,32,33);1-6H,7-11,21H2,(H2,22,24,25). The molecule has 338 valence electrons. The third-order valence-electron chi connectivity index (χ3n) is 11.1. The summed E-state index contributed by atoms with van der Waals surface area (Å²) in [6, 6.07) is 27.7. The zero-order valence-electron chi connectivity index (χ0n) is 35.9. The Balaban J connectivity index is 0.000000188. The zero-order chi connectivity index (χ0) is 46.3. The first-order valence-corrected chi connectivity index (χ1v) is 21.4. The van der Waals surface area contributed by atoms with E-state index in [1.165, 1.54) is 12.1 Å². The minimum Gasteiger partial charge on any atom is -0.484 e. The first-order chi connectivity index (χ1) is 32.0. The van der Waals surface area contributed by atoms with Crippen molar-refractivity contribution in [2.75, 3.05) is 93.8 Å². The molecule has 0 aliphatic carbocycles. The van der Waals surface area contributed by atoms with Gasteiger partial charge in [0.25, 0.3) is 11.8 Å². The summed E-state index contributed by atoms with van der Waals surface area (Å²) in [5, 5.41) is 3.23. The number of benzene rings is 3. The van der Waals surface area contributed by atoms with Gasteiger partial charge in [0.15, 0.2) is 18.2 Å². The van der Waals surface area contributed by atoms with E-state index < -0.39 is 0 Å². The van der Waals surface area contributed by atoms with Gasteiger partial charge in [0.05, 0.1) is 29.0 Å². The Hall–Kier alpha value is -7.77. The molecule has 7 N–H and O–H groups in total. The lowest BCUT2D eigenvalue weighted by molar-refractivity contribution is -0.133. The highest BCUT2D eigenvalue weighted by Gasteiger charge is 2.26. The van der Waals surface area contributed by atoms with Gasteiger partial charge in [0, 0.05) is 81.1 Å². The minimum atomic E-state index is -0.300. The average Bonchev–Trinajstić information content (AvgIpc) is 3.35. The van der Waals surface area contributed by atoms with Crippen molar-refractivity contribution in [2.24, 2.45) is 5.73 Å². The maximum atomic E-state index is 13.2. The summed E-state index contributed by atoms with van der Waals surface area (Å²) in [6.45, 7) is 4.40. The second kappa shape index (κ2) is 20.0. The summed E-state index contributed by atoms with van der Waals surface area (Å²) in [5.41, 5.74) is 23.5. The monoisotopic (exact) mass is 912 g/mol. The summed E-state index contributed by atoms with van der Waals surface area (Å²) in [7, 11) is 1.60. The number of hydrogen-bond acceptors (Lipinski definition) is 15. The molecule has 0 saturated carbocycles. The van der Waals surface area contributed by atoms with Gasteiger partial charge >= 0.3 is 0 Å². The van der Waals surface area contributed by atoms with Gasteiger partial charge in [-0.1, -0.05) is 23.7 Å². The highest BCUT2D eigenvalue weighted by Crippen LogP contribution is 2.30. The van der Waals surface area contributed by atoms with Crippen molar-refractivity contribution in [1.82, 2.24) is 45.0 Å². The second-order valence-corrected chi connectivity index (χ2v) is 15.7. The Morgan fingerprint density at radius 1 is 0.621 bits per heavy atom. The van der Waals surface area contributed by atoms with Crippen LogP contribution in [0.2, 0.25) is 5.02 Å². The number of anilines is 4. The molecule has 2 aliphatic rings. The highest BCUT2D eigenvalue weighted by atomic mass is 35.5. The number of rotatable bonds is 9. The van der Waals surface area contributed by atoms with Gasteiger partial charge in [-0.2, -0.15) is 9.97 Å². The van der Waals surface area contributed by atoms with E-state index in [1.807, 2.05) is 41.3 Å². The molecular weight excluding hydrogens is 867 g/mol. The third kappa shape index (κ3) is 10.3.